The molecule has 108 valence electrons. The monoisotopic (exact) mass is 293 g/mol. The standard InChI is InChI=1S/C13H19N5OS/c1-9(2)6-18-12(15-8-16-18)5-11(19)10-7-20-13(17-10)3-4-14/h7-9H,3-6,14H2,1-2H3. The lowest BCUT2D eigenvalue weighted by atomic mass is 10.2. The molecule has 2 aromatic rings. The van der Waals surface area contributed by atoms with Crippen LogP contribution in [0.1, 0.15) is 35.2 Å². The van der Waals surface area contributed by atoms with E-state index in [0.29, 0.717) is 30.4 Å². The SMILES string of the molecule is CC(C)Cn1ncnc1CC(=O)c1csc(CCN)n1. The number of rotatable bonds is 7. The van der Waals surface area contributed by atoms with Crippen LogP contribution in [0, 0.1) is 5.92 Å². The molecule has 0 amide bonds. The second kappa shape index (κ2) is 6.71. The van der Waals surface area contributed by atoms with Crippen molar-refractivity contribution < 1.29 is 4.79 Å². The van der Waals surface area contributed by atoms with Crippen molar-refractivity contribution in [1.29, 1.82) is 0 Å². The lowest BCUT2D eigenvalue weighted by Gasteiger charge is -2.07. The Balaban J connectivity index is 2.05. The van der Waals surface area contributed by atoms with Crippen LogP contribution in [-0.4, -0.2) is 32.1 Å². The first-order chi connectivity index (χ1) is 9.60. The summed E-state index contributed by atoms with van der Waals surface area (Å²) in [5, 5.41) is 6.85. The van der Waals surface area contributed by atoms with Gasteiger partial charge in [-0.3, -0.25) is 4.79 Å². The number of ketones is 1. The third-order valence-electron chi connectivity index (χ3n) is 2.75. The average Bonchev–Trinajstić information content (AvgIpc) is 2.99. The van der Waals surface area contributed by atoms with Crippen molar-refractivity contribution in [3.63, 3.8) is 0 Å². The smallest absolute Gasteiger partial charge is 0.189 e. The molecule has 0 unspecified atom stereocenters. The van der Waals surface area contributed by atoms with Gasteiger partial charge in [0.05, 0.1) is 11.4 Å². The zero-order chi connectivity index (χ0) is 14.5. The van der Waals surface area contributed by atoms with Crippen LogP contribution in [0.5, 0.6) is 0 Å². The maximum atomic E-state index is 12.2. The molecule has 2 aromatic heterocycles. The Labute approximate surface area is 122 Å². The molecule has 2 N–H and O–H groups in total. The lowest BCUT2D eigenvalue weighted by Crippen LogP contribution is -2.14. The molecule has 6 nitrogen and oxygen atoms in total. The van der Waals surface area contributed by atoms with Crippen molar-refractivity contribution in [1.82, 2.24) is 19.7 Å². The molecule has 0 aromatic carbocycles. The molecule has 0 saturated carbocycles. The van der Waals surface area contributed by atoms with Gasteiger partial charge in [-0.05, 0) is 12.5 Å². The van der Waals surface area contributed by atoms with E-state index >= 15 is 0 Å². The number of carbonyl (C=O) groups is 1. The second-order valence-electron chi connectivity index (χ2n) is 5.02. The van der Waals surface area contributed by atoms with E-state index in [4.69, 9.17) is 5.73 Å². The van der Waals surface area contributed by atoms with Crippen molar-refractivity contribution in [2.75, 3.05) is 6.54 Å². The van der Waals surface area contributed by atoms with Crippen LogP contribution in [0.3, 0.4) is 0 Å². The molecule has 7 heteroatoms. The summed E-state index contributed by atoms with van der Waals surface area (Å²) in [7, 11) is 0. The van der Waals surface area contributed by atoms with Gasteiger partial charge in [-0.2, -0.15) is 5.10 Å². The van der Waals surface area contributed by atoms with Crippen LogP contribution in [0.25, 0.3) is 0 Å². The molecule has 0 saturated heterocycles. The van der Waals surface area contributed by atoms with Crippen LogP contribution in [0.4, 0.5) is 0 Å². The zero-order valence-electron chi connectivity index (χ0n) is 11.7. The van der Waals surface area contributed by atoms with E-state index in [1.54, 1.807) is 10.1 Å². The quantitative estimate of drug-likeness (QED) is 0.778. The van der Waals surface area contributed by atoms with Crippen molar-refractivity contribution in [3.05, 3.63) is 28.2 Å². The van der Waals surface area contributed by atoms with Crippen LogP contribution < -0.4 is 5.73 Å². The molecule has 2 rings (SSSR count). The highest BCUT2D eigenvalue weighted by atomic mass is 32.1. The third-order valence-corrected chi connectivity index (χ3v) is 3.66. The van der Waals surface area contributed by atoms with E-state index in [1.807, 2.05) is 0 Å². The van der Waals surface area contributed by atoms with E-state index < -0.39 is 0 Å². The van der Waals surface area contributed by atoms with E-state index in [0.717, 1.165) is 11.6 Å². The summed E-state index contributed by atoms with van der Waals surface area (Å²) < 4.78 is 1.79. The molecule has 0 bridgehead atoms. The van der Waals surface area contributed by atoms with Gasteiger partial charge >= 0.3 is 0 Å². The maximum absolute atomic E-state index is 12.2. The normalized spacial score (nSPS) is 11.2. The van der Waals surface area contributed by atoms with Gasteiger partial charge in [0.15, 0.2) is 5.78 Å². The number of thiazole rings is 1. The van der Waals surface area contributed by atoms with E-state index in [1.165, 1.54) is 17.7 Å². The first-order valence-electron chi connectivity index (χ1n) is 6.64. The average molecular weight is 293 g/mol. The van der Waals surface area contributed by atoms with E-state index in [9.17, 15) is 4.79 Å². The molecule has 0 spiro atoms. The molecular formula is C13H19N5OS. The number of aromatic nitrogens is 4. The molecule has 0 aliphatic heterocycles. The highest BCUT2D eigenvalue weighted by Gasteiger charge is 2.15. The molecule has 0 radical (unpaired) electrons. The minimum atomic E-state index is -0.0254. The third kappa shape index (κ3) is 3.71. The van der Waals surface area contributed by atoms with Gasteiger partial charge in [0.2, 0.25) is 0 Å². The van der Waals surface area contributed by atoms with E-state index in [-0.39, 0.29) is 12.2 Å². The summed E-state index contributed by atoms with van der Waals surface area (Å²) in [4.78, 5) is 20.7. The van der Waals surface area contributed by atoms with Gasteiger partial charge in [0.25, 0.3) is 0 Å². The molecule has 0 aliphatic carbocycles. The van der Waals surface area contributed by atoms with E-state index in [2.05, 4.69) is 28.9 Å². The van der Waals surface area contributed by atoms with Crippen LogP contribution in [0.15, 0.2) is 11.7 Å². The van der Waals surface area contributed by atoms with Crippen LogP contribution in [0.2, 0.25) is 0 Å². The number of nitrogens with zero attached hydrogens (tertiary/aromatic N) is 4. The molecule has 20 heavy (non-hydrogen) atoms. The minimum Gasteiger partial charge on any atom is -0.330 e. The Hall–Kier alpha value is -1.60. The number of hydrogen-bond donors (Lipinski definition) is 1. The number of Topliss-reactive ketones (excluding diaryl/α,β-unsaturated/α-hetero) is 1. The molecule has 2 heterocycles. The highest BCUT2D eigenvalue weighted by molar-refractivity contribution is 7.09. The van der Waals surface area contributed by atoms with Gasteiger partial charge < -0.3 is 5.73 Å². The number of hydrogen-bond acceptors (Lipinski definition) is 6. The first-order valence-corrected chi connectivity index (χ1v) is 7.52. The second-order valence-corrected chi connectivity index (χ2v) is 5.96. The Morgan fingerprint density at radius 2 is 2.30 bits per heavy atom. The molecule has 0 aliphatic rings. The van der Waals surface area contributed by atoms with Crippen molar-refractivity contribution in [2.45, 2.75) is 33.2 Å². The number of carbonyl (C=O) groups excluding carboxylic acids is 1. The topological polar surface area (TPSA) is 86.7 Å². The van der Waals surface area contributed by atoms with Gasteiger partial charge in [0.1, 0.15) is 17.8 Å². The molecular weight excluding hydrogens is 274 g/mol. The Morgan fingerprint density at radius 1 is 1.50 bits per heavy atom. The maximum Gasteiger partial charge on any atom is 0.189 e. The van der Waals surface area contributed by atoms with Gasteiger partial charge in [-0.25, -0.2) is 14.6 Å². The fourth-order valence-electron chi connectivity index (χ4n) is 1.83. The van der Waals surface area contributed by atoms with Gasteiger partial charge in [0, 0.05) is 18.3 Å². The minimum absolute atomic E-state index is 0.0254. The first kappa shape index (κ1) is 14.8. The summed E-state index contributed by atoms with van der Waals surface area (Å²) in [5.74, 6) is 1.13. The Morgan fingerprint density at radius 3 is 3.00 bits per heavy atom. The van der Waals surface area contributed by atoms with Gasteiger partial charge in [-0.15, -0.1) is 11.3 Å². The number of nitrogens with two attached hydrogens (primary N) is 1. The fourth-order valence-corrected chi connectivity index (χ4v) is 2.65. The van der Waals surface area contributed by atoms with Crippen molar-refractivity contribution >= 4 is 17.1 Å². The summed E-state index contributed by atoms with van der Waals surface area (Å²) in [6.07, 6.45) is 2.44. The lowest BCUT2D eigenvalue weighted by molar-refractivity contribution is 0.0984. The summed E-state index contributed by atoms with van der Waals surface area (Å²) >= 11 is 1.48. The van der Waals surface area contributed by atoms with Crippen molar-refractivity contribution in [2.24, 2.45) is 11.7 Å². The van der Waals surface area contributed by atoms with Gasteiger partial charge in [-0.1, -0.05) is 13.8 Å². The van der Waals surface area contributed by atoms with Crippen molar-refractivity contribution in [3.8, 4) is 0 Å². The Kier molecular flexibility index (Phi) is 4.97. The summed E-state index contributed by atoms with van der Waals surface area (Å²) in [6.45, 7) is 5.52. The largest absolute Gasteiger partial charge is 0.330 e. The Bertz CT molecular complexity index is 575. The highest BCUT2D eigenvalue weighted by Crippen LogP contribution is 2.12. The molecule has 0 fully saturated rings. The fraction of sp³-hybridized carbons (Fsp3) is 0.538. The summed E-state index contributed by atoms with van der Waals surface area (Å²) in [6, 6.07) is 0. The van der Waals surface area contributed by atoms with Crippen LogP contribution >= 0.6 is 11.3 Å². The zero-order valence-corrected chi connectivity index (χ0v) is 12.6. The van der Waals surface area contributed by atoms with Crippen LogP contribution in [-0.2, 0) is 19.4 Å². The predicted octanol–water partition coefficient (Wildman–Crippen LogP) is 1.32. The summed E-state index contributed by atoms with van der Waals surface area (Å²) in [5.41, 5.74) is 5.98. The predicted molar refractivity (Wildman–Crippen MR) is 77.8 cm³/mol. The molecule has 0 atom stereocenters.